The van der Waals surface area contributed by atoms with Gasteiger partial charge in [0.2, 0.25) is 0 Å². The molecule has 3 aromatic rings. The summed E-state index contributed by atoms with van der Waals surface area (Å²) in [6.45, 7) is 1.33. The monoisotopic (exact) mass is 369 g/mol. The van der Waals surface area contributed by atoms with E-state index in [1.165, 1.54) is 24.4 Å². The van der Waals surface area contributed by atoms with Crippen molar-refractivity contribution in [2.75, 3.05) is 13.6 Å². The zero-order valence-corrected chi connectivity index (χ0v) is 14.8. The van der Waals surface area contributed by atoms with E-state index in [1.807, 2.05) is 7.05 Å². The van der Waals surface area contributed by atoms with Gasteiger partial charge in [-0.1, -0.05) is 6.07 Å². The topological polar surface area (TPSA) is 29.0 Å². The van der Waals surface area contributed by atoms with E-state index in [0.717, 1.165) is 23.7 Å². The molecule has 0 amide bonds. The van der Waals surface area contributed by atoms with Crippen LogP contribution in [0.5, 0.6) is 0 Å². The average Bonchev–Trinajstić information content (AvgIpc) is 2.80. The lowest BCUT2D eigenvalue weighted by molar-refractivity contribution is 0.327. The van der Waals surface area contributed by atoms with Gasteiger partial charge in [0.25, 0.3) is 0 Å². The van der Waals surface area contributed by atoms with Crippen molar-refractivity contribution in [1.29, 1.82) is 0 Å². The molecule has 0 saturated heterocycles. The van der Waals surface area contributed by atoms with Crippen LogP contribution in [-0.2, 0) is 6.54 Å². The van der Waals surface area contributed by atoms with Crippen molar-refractivity contribution in [3.8, 4) is 11.3 Å². The third kappa shape index (κ3) is 3.45. The molecule has 1 atom stereocenters. The molecule has 27 heavy (non-hydrogen) atoms. The SMILES string of the molecule is CN1CCC(c2ccc(F)cc2F)c2cc(F)c(-c3cccnn3)cc2C1. The molecule has 3 nitrogen and oxygen atoms in total. The van der Waals surface area contributed by atoms with E-state index in [1.54, 1.807) is 18.2 Å². The molecular weight excluding hydrogens is 351 g/mol. The molecule has 4 rings (SSSR count). The van der Waals surface area contributed by atoms with Crippen LogP contribution in [0.2, 0.25) is 0 Å². The predicted molar refractivity (Wildman–Crippen MR) is 96.6 cm³/mol. The molecule has 2 heterocycles. The Labute approximate surface area is 155 Å². The summed E-state index contributed by atoms with van der Waals surface area (Å²) in [5.41, 5.74) is 2.85. The number of halogens is 3. The van der Waals surface area contributed by atoms with Gasteiger partial charge in [-0.05, 0) is 67.0 Å². The molecular formula is C21H18F3N3. The summed E-state index contributed by atoms with van der Waals surface area (Å²) in [7, 11) is 1.97. The third-order valence-electron chi connectivity index (χ3n) is 5.03. The molecule has 2 aromatic carbocycles. The standard InChI is InChI=1S/C21H18F3N3/c1-27-8-6-15(16-5-4-14(22)10-19(16)23)17-11-20(24)18(9-13(17)12-27)21-3-2-7-25-26-21/h2-5,7,9-11,15H,6,8,12H2,1H3. The Bertz CT molecular complexity index is 976. The first-order chi connectivity index (χ1) is 13.0. The summed E-state index contributed by atoms with van der Waals surface area (Å²) in [6, 6.07) is 10.2. The minimum atomic E-state index is -0.619. The molecule has 0 saturated carbocycles. The molecule has 6 heteroatoms. The van der Waals surface area contributed by atoms with E-state index in [0.29, 0.717) is 29.8 Å². The van der Waals surface area contributed by atoms with Crippen LogP contribution in [0.15, 0.2) is 48.7 Å². The molecule has 0 spiro atoms. The Kier molecular flexibility index (Phi) is 4.66. The zero-order chi connectivity index (χ0) is 19.0. The first-order valence-corrected chi connectivity index (χ1v) is 8.77. The number of hydrogen-bond donors (Lipinski definition) is 0. The minimum absolute atomic E-state index is 0.337. The van der Waals surface area contributed by atoms with Crippen molar-refractivity contribution in [3.05, 3.63) is 82.8 Å². The van der Waals surface area contributed by atoms with Crippen molar-refractivity contribution in [2.45, 2.75) is 18.9 Å². The van der Waals surface area contributed by atoms with E-state index >= 15 is 0 Å². The summed E-state index contributed by atoms with van der Waals surface area (Å²) in [6.07, 6.45) is 2.15. The fourth-order valence-electron chi connectivity index (χ4n) is 3.72. The first kappa shape index (κ1) is 17.7. The number of rotatable bonds is 2. The minimum Gasteiger partial charge on any atom is -0.302 e. The molecule has 1 aliphatic rings. The number of aromatic nitrogens is 2. The van der Waals surface area contributed by atoms with Crippen molar-refractivity contribution in [2.24, 2.45) is 0 Å². The fourth-order valence-corrected chi connectivity index (χ4v) is 3.72. The lowest BCUT2D eigenvalue weighted by atomic mass is 9.85. The second kappa shape index (κ2) is 7.12. The Hall–Kier alpha value is -2.73. The highest BCUT2D eigenvalue weighted by Gasteiger charge is 2.27. The summed E-state index contributed by atoms with van der Waals surface area (Å²) < 4.78 is 42.7. The van der Waals surface area contributed by atoms with Gasteiger partial charge in [-0.15, -0.1) is 0 Å². The first-order valence-electron chi connectivity index (χ1n) is 8.77. The highest BCUT2D eigenvalue weighted by Crippen LogP contribution is 2.37. The van der Waals surface area contributed by atoms with Crippen LogP contribution in [0.1, 0.15) is 29.0 Å². The summed E-state index contributed by atoms with van der Waals surface area (Å²) in [5.74, 6) is -1.98. The number of benzene rings is 2. The molecule has 1 unspecified atom stereocenters. The number of fused-ring (bicyclic) bond motifs is 1. The second-order valence-electron chi connectivity index (χ2n) is 6.88. The summed E-state index contributed by atoms with van der Waals surface area (Å²) >= 11 is 0. The van der Waals surface area contributed by atoms with Gasteiger partial charge >= 0.3 is 0 Å². The van der Waals surface area contributed by atoms with E-state index in [-0.39, 0.29) is 5.92 Å². The van der Waals surface area contributed by atoms with Crippen LogP contribution in [-0.4, -0.2) is 28.7 Å². The predicted octanol–water partition coefficient (Wildman–Crippen LogP) is 4.53. The van der Waals surface area contributed by atoms with Crippen molar-refractivity contribution in [1.82, 2.24) is 15.1 Å². The molecule has 0 bridgehead atoms. The van der Waals surface area contributed by atoms with E-state index in [2.05, 4.69) is 15.1 Å². The third-order valence-corrected chi connectivity index (χ3v) is 5.03. The molecule has 0 aliphatic carbocycles. The maximum Gasteiger partial charge on any atom is 0.132 e. The molecule has 1 aliphatic heterocycles. The zero-order valence-electron chi connectivity index (χ0n) is 14.8. The van der Waals surface area contributed by atoms with E-state index < -0.39 is 17.5 Å². The number of hydrogen-bond acceptors (Lipinski definition) is 3. The highest BCUT2D eigenvalue weighted by atomic mass is 19.1. The van der Waals surface area contributed by atoms with Gasteiger partial charge in [-0.2, -0.15) is 10.2 Å². The van der Waals surface area contributed by atoms with Crippen molar-refractivity contribution in [3.63, 3.8) is 0 Å². The highest BCUT2D eigenvalue weighted by molar-refractivity contribution is 5.62. The van der Waals surface area contributed by atoms with Crippen LogP contribution in [0.4, 0.5) is 13.2 Å². The lowest BCUT2D eigenvalue weighted by Crippen LogP contribution is -2.17. The molecule has 1 aromatic heterocycles. The van der Waals surface area contributed by atoms with Gasteiger partial charge in [0.15, 0.2) is 0 Å². The van der Waals surface area contributed by atoms with Gasteiger partial charge in [0.1, 0.15) is 17.5 Å². The Morgan fingerprint density at radius 2 is 1.85 bits per heavy atom. The Morgan fingerprint density at radius 1 is 1.00 bits per heavy atom. The molecule has 0 N–H and O–H groups in total. The fraction of sp³-hybridized carbons (Fsp3) is 0.238. The van der Waals surface area contributed by atoms with Gasteiger partial charge in [-0.3, -0.25) is 0 Å². The lowest BCUT2D eigenvalue weighted by Gasteiger charge is -2.19. The molecule has 138 valence electrons. The van der Waals surface area contributed by atoms with Gasteiger partial charge < -0.3 is 4.90 Å². The maximum atomic E-state index is 14.9. The van der Waals surface area contributed by atoms with Crippen LogP contribution < -0.4 is 0 Å². The van der Waals surface area contributed by atoms with E-state index in [4.69, 9.17) is 0 Å². The van der Waals surface area contributed by atoms with Crippen molar-refractivity contribution >= 4 is 0 Å². The normalized spacial score (nSPS) is 17.4. The smallest absolute Gasteiger partial charge is 0.132 e. The summed E-state index contributed by atoms with van der Waals surface area (Å²) in [4.78, 5) is 2.11. The maximum absolute atomic E-state index is 14.9. The molecule has 0 fully saturated rings. The van der Waals surface area contributed by atoms with Gasteiger partial charge in [-0.25, -0.2) is 13.2 Å². The largest absolute Gasteiger partial charge is 0.302 e. The number of nitrogens with zero attached hydrogens (tertiary/aromatic N) is 3. The summed E-state index contributed by atoms with van der Waals surface area (Å²) in [5, 5.41) is 7.81. The van der Waals surface area contributed by atoms with Gasteiger partial charge in [0.05, 0.1) is 5.69 Å². The van der Waals surface area contributed by atoms with Crippen LogP contribution in [0, 0.1) is 17.5 Å². The van der Waals surface area contributed by atoms with Crippen molar-refractivity contribution < 1.29 is 13.2 Å². The average molecular weight is 369 g/mol. The Balaban J connectivity index is 1.86. The molecule has 0 radical (unpaired) electrons. The van der Waals surface area contributed by atoms with E-state index in [9.17, 15) is 13.2 Å². The van der Waals surface area contributed by atoms with Gasteiger partial charge in [0, 0.05) is 30.3 Å². The van der Waals surface area contributed by atoms with Crippen LogP contribution >= 0.6 is 0 Å². The second-order valence-corrected chi connectivity index (χ2v) is 6.88. The Morgan fingerprint density at radius 3 is 2.59 bits per heavy atom. The quantitative estimate of drug-likeness (QED) is 0.665. The van der Waals surface area contributed by atoms with Crippen LogP contribution in [0.3, 0.4) is 0 Å². The van der Waals surface area contributed by atoms with Crippen LogP contribution in [0.25, 0.3) is 11.3 Å².